The predicted molar refractivity (Wildman–Crippen MR) is 111 cm³/mol. The first-order valence-electron chi connectivity index (χ1n) is 8.35. The van der Waals surface area contributed by atoms with E-state index < -0.39 is 22.5 Å². The van der Waals surface area contributed by atoms with Gasteiger partial charge in [0.1, 0.15) is 11.6 Å². The van der Waals surface area contributed by atoms with Crippen LogP contribution in [0.4, 0.5) is 18.9 Å². The molecule has 1 amide bonds. The van der Waals surface area contributed by atoms with Gasteiger partial charge in [-0.1, -0.05) is 22.7 Å². The molecule has 0 aliphatic rings. The van der Waals surface area contributed by atoms with Crippen LogP contribution in [-0.2, 0) is 0 Å². The molecule has 0 fully saturated rings. The molecule has 0 aliphatic carbocycles. The molecular weight excluding hydrogens is 434 g/mol. The van der Waals surface area contributed by atoms with E-state index in [2.05, 4.69) is 10.1 Å². The number of hydrazone groups is 1. The second kappa shape index (κ2) is 8.05. The quantitative estimate of drug-likeness (QED) is 0.240. The van der Waals surface area contributed by atoms with Crippen molar-refractivity contribution in [3.8, 4) is 0 Å². The van der Waals surface area contributed by atoms with Crippen molar-refractivity contribution >= 4 is 55.1 Å². The lowest BCUT2D eigenvalue weighted by molar-refractivity contribution is -0.380. The van der Waals surface area contributed by atoms with Gasteiger partial charge in [-0.3, -0.25) is 14.9 Å². The van der Waals surface area contributed by atoms with E-state index in [0.717, 1.165) is 39.8 Å². The molecule has 11 heteroatoms. The average molecular weight is 444 g/mol. The maximum absolute atomic E-state index is 13.5. The van der Waals surface area contributed by atoms with Crippen LogP contribution in [0.1, 0.15) is 15.2 Å². The zero-order valence-corrected chi connectivity index (χ0v) is 16.5. The number of hydrogen-bond donors (Lipinski definition) is 0. The third kappa shape index (κ3) is 4.07. The summed E-state index contributed by atoms with van der Waals surface area (Å²) in [7, 11) is 0. The second-order valence-electron chi connectivity index (χ2n) is 5.91. The third-order valence-corrected chi connectivity index (χ3v) is 5.86. The van der Waals surface area contributed by atoms with Crippen molar-refractivity contribution in [3.63, 3.8) is 0 Å². The molecular formula is C19H10F2N4O3S2. The predicted octanol–water partition coefficient (Wildman–Crippen LogP) is 5.23. The van der Waals surface area contributed by atoms with Crippen LogP contribution < -0.4 is 5.01 Å². The summed E-state index contributed by atoms with van der Waals surface area (Å²) in [5.41, 5.74) is 0.645. The van der Waals surface area contributed by atoms with E-state index in [0.29, 0.717) is 15.1 Å². The van der Waals surface area contributed by atoms with Gasteiger partial charge in [-0.05, 0) is 48.5 Å². The van der Waals surface area contributed by atoms with Gasteiger partial charge >= 0.3 is 5.00 Å². The normalized spacial score (nSPS) is 11.3. The molecule has 0 unspecified atom stereocenters. The molecule has 0 aliphatic heterocycles. The molecule has 2 heterocycles. The van der Waals surface area contributed by atoms with Crippen LogP contribution in [0, 0.1) is 21.7 Å². The number of anilines is 1. The highest BCUT2D eigenvalue weighted by molar-refractivity contribution is 7.22. The minimum atomic E-state index is -0.586. The lowest BCUT2D eigenvalue weighted by atomic mass is 10.2. The van der Waals surface area contributed by atoms with Gasteiger partial charge < -0.3 is 0 Å². The van der Waals surface area contributed by atoms with Gasteiger partial charge in [0.15, 0.2) is 0 Å². The molecule has 0 saturated carbocycles. The van der Waals surface area contributed by atoms with Crippen LogP contribution in [0.5, 0.6) is 0 Å². The number of benzene rings is 2. The Morgan fingerprint density at radius 2 is 1.80 bits per heavy atom. The molecule has 0 spiro atoms. The first-order valence-corrected chi connectivity index (χ1v) is 9.98. The summed E-state index contributed by atoms with van der Waals surface area (Å²) in [5, 5.41) is 16.1. The van der Waals surface area contributed by atoms with Crippen LogP contribution in [0.25, 0.3) is 10.2 Å². The number of amides is 1. The Bertz CT molecular complexity index is 1280. The fraction of sp³-hybridized carbons (Fsp3) is 0. The first kappa shape index (κ1) is 19.7. The highest BCUT2D eigenvalue weighted by Gasteiger charge is 2.21. The number of halogens is 2. The molecule has 30 heavy (non-hydrogen) atoms. The highest BCUT2D eigenvalue weighted by Crippen LogP contribution is 2.31. The number of aromatic nitrogens is 1. The number of thiophene rings is 1. The monoisotopic (exact) mass is 444 g/mol. The van der Waals surface area contributed by atoms with Crippen molar-refractivity contribution in [1.29, 1.82) is 0 Å². The topological polar surface area (TPSA) is 88.7 Å². The summed E-state index contributed by atoms with van der Waals surface area (Å²) in [6.07, 6.45) is 1.30. The molecule has 2 aromatic carbocycles. The van der Waals surface area contributed by atoms with Gasteiger partial charge in [0.25, 0.3) is 5.91 Å². The van der Waals surface area contributed by atoms with Crippen LogP contribution in [0.3, 0.4) is 0 Å². The summed E-state index contributed by atoms with van der Waals surface area (Å²) in [6, 6.07) is 11.8. The Morgan fingerprint density at radius 3 is 2.50 bits per heavy atom. The standard InChI is InChI=1S/C19H10F2N4O3S2/c20-12-3-1-11(2-4-12)18(26)24(22-10-14-6-8-17(29-14)25(27)28)19-23-15-7-5-13(21)9-16(15)30-19/h1-10H/b22-10+. The Labute approximate surface area is 175 Å². The van der Waals surface area contributed by atoms with E-state index in [1.807, 2.05) is 0 Å². The van der Waals surface area contributed by atoms with E-state index in [4.69, 9.17) is 0 Å². The molecule has 0 atom stereocenters. The van der Waals surface area contributed by atoms with E-state index in [9.17, 15) is 23.7 Å². The lowest BCUT2D eigenvalue weighted by Crippen LogP contribution is -2.25. The highest BCUT2D eigenvalue weighted by atomic mass is 32.1. The largest absolute Gasteiger partial charge is 0.324 e. The number of hydrogen-bond acceptors (Lipinski definition) is 7. The van der Waals surface area contributed by atoms with E-state index in [1.165, 1.54) is 48.7 Å². The van der Waals surface area contributed by atoms with Crippen molar-refractivity contribution in [2.45, 2.75) is 0 Å². The number of nitrogens with zero attached hydrogens (tertiary/aromatic N) is 4. The smallest absolute Gasteiger partial charge is 0.267 e. The number of carbonyl (C=O) groups is 1. The molecule has 150 valence electrons. The van der Waals surface area contributed by atoms with E-state index in [-0.39, 0.29) is 15.7 Å². The molecule has 0 radical (unpaired) electrons. The second-order valence-corrected chi connectivity index (χ2v) is 8.01. The fourth-order valence-electron chi connectivity index (χ4n) is 2.50. The molecule has 0 bridgehead atoms. The minimum Gasteiger partial charge on any atom is -0.267 e. The fourth-order valence-corrected chi connectivity index (χ4v) is 4.14. The zero-order valence-electron chi connectivity index (χ0n) is 14.9. The van der Waals surface area contributed by atoms with Crippen molar-refractivity contribution < 1.29 is 18.5 Å². The van der Waals surface area contributed by atoms with Crippen molar-refractivity contribution in [2.75, 3.05) is 5.01 Å². The number of fused-ring (bicyclic) bond motifs is 1. The van der Waals surface area contributed by atoms with E-state index >= 15 is 0 Å². The van der Waals surface area contributed by atoms with Crippen molar-refractivity contribution in [2.24, 2.45) is 5.10 Å². The Hall–Kier alpha value is -3.57. The Balaban J connectivity index is 1.74. The minimum absolute atomic E-state index is 0.0664. The molecule has 2 aromatic heterocycles. The van der Waals surface area contributed by atoms with Gasteiger partial charge in [0.05, 0.1) is 26.2 Å². The first-order chi connectivity index (χ1) is 14.4. The van der Waals surface area contributed by atoms with Crippen molar-refractivity contribution in [3.05, 3.63) is 86.8 Å². The Kier molecular flexibility index (Phi) is 5.29. The molecule has 4 rings (SSSR count). The lowest BCUT2D eigenvalue weighted by Gasteiger charge is -2.13. The summed E-state index contributed by atoms with van der Waals surface area (Å²) >= 11 is 1.94. The molecule has 0 saturated heterocycles. The van der Waals surface area contributed by atoms with Crippen LogP contribution in [0.15, 0.2) is 59.7 Å². The molecule has 0 N–H and O–H groups in total. The van der Waals surface area contributed by atoms with Gasteiger partial charge in [-0.15, -0.1) is 0 Å². The van der Waals surface area contributed by atoms with Gasteiger partial charge in [-0.25, -0.2) is 13.8 Å². The van der Waals surface area contributed by atoms with Gasteiger partial charge in [0.2, 0.25) is 5.13 Å². The Morgan fingerprint density at radius 1 is 1.07 bits per heavy atom. The summed E-state index contributed by atoms with van der Waals surface area (Å²) in [6.45, 7) is 0. The number of thiazole rings is 1. The number of carbonyl (C=O) groups excluding carboxylic acids is 1. The number of nitro groups is 1. The zero-order chi connectivity index (χ0) is 21.3. The average Bonchev–Trinajstić information content (AvgIpc) is 3.35. The summed E-state index contributed by atoms with van der Waals surface area (Å²) < 4.78 is 27.3. The SMILES string of the molecule is O=C(c1ccc(F)cc1)N(/N=C/c1ccc([N+](=O)[O-])s1)c1nc2ccc(F)cc2s1. The molecule has 7 nitrogen and oxygen atoms in total. The van der Waals surface area contributed by atoms with Crippen LogP contribution >= 0.6 is 22.7 Å². The van der Waals surface area contributed by atoms with E-state index in [1.54, 1.807) is 0 Å². The molecule has 4 aromatic rings. The maximum atomic E-state index is 13.5. The maximum Gasteiger partial charge on any atom is 0.324 e. The van der Waals surface area contributed by atoms with Gasteiger partial charge in [-0.2, -0.15) is 10.1 Å². The van der Waals surface area contributed by atoms with Crippen molar-refractivity contribution in [1.82, 2.24) is 4.98 Å². The third-order valence-electron chi connectivity index (χ3n) is 3.90. The number of rotatable bonds is 5. The van der Waals surface area contributed by atoms with Crippen LogP contribution in [0.2, 0.25) is 0 Å². The summed E-state index contributed by atoms with van der Waals surface area (Å²) in [5.74, 6) is -1.52. The summed E-state index contributed by atoms with van der Waals surface area (Å²) in [4.78, 5) is 28.1. The van der Waals surface area contributed by atoms with Gasteiger partial charge in [0, 0.05) is 11.6 Å². The van der Waals surface area contributed by atoms with Crippen LogP contribution in [-0.4, -0.2) is 22.0 Å².